The van der Waals surface area contributed by atoms with Gasteiger partial charge in [0.25, 0.3) is 0 Å². The van der Waals surface area contributed by atoms with Crippen LogP contribution in [0, 0.1) is 29.6 Å². The Labute approximate surface area is 534 Å². The number of nitrogens with two attached hydrogens (primary N) is 1. The molecule has 28 heteroatoms. The van der Waals surface area contributed by atoms with E-state index in [2.05, 4.69) is 47.2 Å². The van der Waals surface area contributed by atoms with Gasteiger partial charge in [-0.25, -0.2) is 9.59 Å². The van der Waals surface area contributed by atoms with Crippen molar-refractivity contribution in [1.29, 1.82) is 0 Å². The number of carbonyl (C=O) groups excluding carboxylic acids is 10. The number of rotatable bonds is 36. The van der Waals surface area contributed by atoms with Gasteiger partial charge >= 0.3 is 12.1 Å². The van der Waals surface area contributed by atoms with Gasteiger partial charge in [-0.15, -0.1) is 0 Å². The molecule has 0 spiro atoms. The topological polar surface area (TPSA) is 387 Å². The lowest BCUT2D eigenvalue weighted by molar-refractivity contribution is -0.148. The molecule has 506 valence electrons. The first-order valence-electron chi connectivity index (χ1n) is 31.1. The molecule has 2 aromatic carbocycles. The Hall–Kier alpha value is -8.07. The van der Waals surface area contributed by atoms with Crippen LogP contribution < -0.4 is 43.0 Å². The molecule has 91 heavy (non-hydrogen) atoms. The highest BCUT2D eigenvalue weighted by Crippen LogP contribution is 2.30. The summed E-state index contributed by atoms with van der Waals surface area (Å²) in [6, 6.07) is 6.98. The van der Waals surface area contributed by atoms with Gasteiger partial charge in [0.1, 0.15) is 36.8 Å². The molecule has 0 aromatic heterocycles. The third-order valence-corrected chi connectivity index (χ3v) is 16.5. The Morgan fingerprint density at radius 1 is 0.758 bits per heavy atom. The van der Waals surface area contributed by atoms with Crippen molar-refractivity contribution in [2.45, 2.75) is 188 Å². The number of nitrogens with zero attached hydrogens (tertiary/aromatic N) is 6. The minimum atomic E-state index is -1.28. The zero-order valence-electron chi connectivity index (χ0n) is 55.5. The molecule has 0 radical (unpaired) electrons. The molecule has 2 aromatic rings. The first-order chi connectivity index (χ1) is 42.9. The summed E-state index contributed by atoms with van der Waals surface area (Å²) in [7, 11) is 6.05. The summed E-state index contributed by atoms with van der Waals surface area (Å²) < 4.78 is 17.7. The van der Waals surface area contributed by atoms with Crippen molar-refractivity contribution in [3.63, 3.8) is 0 Å². The van der Waals surface area contributed by atoms with Crippen LogP contribution in [0.1, 0.15) is 132 Å². The molecular formula is C63H100N14O14. The van der Waals surface area contributed by atoms with Gasteiger partial charge in [-0.05, 0) is 85.1 Å². The van der Waals surface area contributed by atoms with Crippen LogP contribution >= 0.6 is 0 Å². The minimum Gasteiger partial charge on any atom is -0.445 e. The average molecular weight is 1280 g/mol. The standard InChI is InChI=1S/C63H100N14O14/c1-16-38(8)53(48(89-14)32-49(79)77-31-21-25-47(77)55(90-15)39(9)56(81)68-40(10)54(80)43-22-18-17-19-23-43)75(12)61(86)51(36(4)5)73-60(85)52(37(6)7)76(13)63(88)91-34-42-26-28-44(29-27-42)70-57(82)45(24-20-30-66-62(64)87)71-59(84)50(35(2)3)72-58(83)46(33-67-74-65)69-41(11)78/h17-19,22-23,26-29,35-40,45-48,50-55,80H,16,20-21,24-25,30-34H2,1-15H3,(H,68,81)(H,69,78)(H,70,82)(H,71,84)(H,72,83)(H,73,85)(H3,64,66,87)/t38-,39+,40+,45-,46+,47-,48+,50-,51-,52-,53-,54+,55+/m0/s1. The van der Waals surface area contributed by atoms with Gasteiger partial charge in [0.05, 0.1) is 55.3 Å². The molecule has 1 aliphatic heterocycles. The fourth-order valence-electron chi connectivity index (χ4n) is 11.2. The smallest absolute Gasteiger partial charge is 0.410 e. The number of urea groups is 1. The number of nitrogens with one attached hydrogen (secondary N) is 7. The predicted octanol–water partition coefficient (Wildman–Crippen LogP) is 4.41. The number of ether oxygens (including phenoxy) is 3. The molecule has 28 nitrogen and oxygen atoms in total. The van der Waals surface area contributed by atoms with Gasteiger partial charge in [-0.3, -0.25) is 43.3 Å². The number of carbonyl (C=O) groups is 10. The molecule has 1 aliphatic rings. The number of hydrogen-bond acceptors (Lipinski definition) is 15. The molecule has 11 amide bonds. The summed E-state index contributed by atoms with van der Waals surface area (Å²) in [6.45, 7) is 18.8. The van der Waals surface area contributed by atoms with Crippen LogP contribution in [0.15, 0.2) is 59.7 Å². The van der Waals surface area contributed by atoms with Crippen LogP contribution in [0.2, 0.25) is 0 Å². The molecule has 1 fully saturated rings. The molecule has 3 rings (SSSR count). The summed E-state index contributed by atoms with van der Waals surface area (Å²) in [4.78, 5) is 142. The van der Waals surface area contributed by atoms with E-state index in [0.29, 0.717) is 42.6 Å². The van der Waals surface area contributed by atoms with Crippen LogP contribution in [0.3, 0.4) is 0 Å². The second kappa shape index (κ2) is 37.9. The number of likely N-dealkylation sites (tertiary alicyclic amines) is 1. The van der Waals surface area contributed by atoms with Crippen LogP contribution in [0.25, 0.3) is 10.4 Å². The predicted molar refractivity (Wildman–Crippen MR) is 341 cm³/mol. The van der Waals surface area contributed by atoms with Gasteiger partial charge in [0.15, 0.2) is 0 Å². The zero-order valence-corrected chi connectivity index (χ0v) is 55.5. The molecule has 0 saturated carbocycles. The first kappa shape index (κ1) is 77.2. The van der Waals surface area contributed by atoms with E-state index in [9.17, 15) is 53.1 Å². The van der Waals surface area contributed by atoms with E-state index in [4.69, 9.17) is 25.5 Å². The molecule has 0 bridgehead atoms. The number of aliphatic hydroxyl groups excluding tert-OH is 1. The summed E-state index contributed by atoms with van der Waals surface area (Å²) in [5.41, 5.74) is 15.5. The number of likely N-dealkylation sites (N-methyl/N-ethyl adjacent to an activating group) is 2. The van der Waals surface area contributed by atoms with E-state index >= 15 is 0 Å². The van der Waals surface area contributed by atoms with Crippen molar-refractivity contribution >= 4 is 65.1 Å². The summed E-state index contributed by atoms with van der Waals surface area (Å²) in [6.07, 6.45) is -1.23. The van der Waals surface area contributed by atoms with Crippen molar-refractivity contribution in [1.82, 2.24) is 46.6 Å². The number of azide groups is 1. The highest BCUT2D eigenvalue weighted by atomic mass is 16.6. The van der Waals surface area contributed by atoms with Crippen molar-refractivity contribution in [2.24, 2.45) is 40.4 Å². The number of aliphatic hydroxyl groups is 1. The molecule has 1 saturated heterocycles. The van der Waals surface area contributed by atoms with Crippen molar-refractivity contribution in [3.8, 4) is 0 Å². The van der Waals surface area contributed by atoms with Crippen LogP contribution in [0.4, 0.5) is 15.3 Å². The van der Waals surface area contributed by atoms with Crippen molar-refractivity contribution < 1.29 is 67.3 Å². The molecule has 13 atom stereocenters. The summed E-state index contributed by atoms with van der Waals surface area (Å²) in [5, 5.41) is 33.0. The summed E-state index contributed by atoms with van der Waals surface area (Å²) in [5.74, 6) is -6.65. The Bertz CT molecular complexity index is 2780. The van der Waals surface area contributed by atoms with Gasteiger partial charge < -0.3 is 72.1 Å². The Balaban J connectivity index is 1.73. The number of primary amides is 1. The van der Waals surface area contributed by atoms with Gasteiger partial charge in [0.2, 0.25) is 47.3 Å². The first-order valence-corrected chi connectivity index (χ1v) is 31.1. The monoisotopic (exact) mass is 1280 g/mol. The Morgan fingerprint density at radius 3 is 1.93 bits per heavy atom. The summed E-state index contributed by atoms with van der Waals surface area (Å²) >= 11 is 0. The van der Waals surface area contributed by atoms with E-state index in [1.807, 2.05) is 32.0 Å². The van der Waals surface area contributed by atoms with E-state index in [1.165, 1.54) is 33.1 Å². The fourth-order valence-corrected chi connectivity index (χ4v) is 11.2. The second-order valence-corrected chi connectivity index (χ2v) is 24.4. The lowest BCUT2D eigenvalue weighted by Gasteiger charge is -2.41. The Morgan fingerprint density at radius 2 is 1.38 bits per heavy atom. The fraction of sp³-hybridized carbons (Fsp3) is 0.651. The highest BCUT2D eigenvalue weighted by Gasteiger charge is 2.44. The SMILES string of the molecule is CC[C@H](C)[C@@H]([C@@H](CC(=O)N1CCC[C@H]1[C@H](OC)[C@@H](C)C(=O)N[C@H](C)[C@@H](O)c1ccccc1)OC)N(C)C(=O)[C@@H](NC(=O)[C@H](C(C)C)N(C)C(=O)OCc1ccc(NC(=O)[C@H](CCCNC(N)=O)NC(=O)[C@@H](NC(=O)[C@@H](CN=[N+]=[N-])NC(C)=O)C(C)C)cc1)C(C)C. The van der Waals surface area contributed by atoms with E-state index < -0.39 is 144 Å². The van der Waals surface area contributed by atoms with Crippen LogP contribution in [-0.4, -0.2) is 188 Å². The van der Waals surface area contributed by atoms with Gasteiger partial charge in [-0.1, -0.05) is 116 Å². The highest BCUT2D eigenvalue weighted by molar-refractivity contribution is 5.99. The molecule has 0 unspecified atom stereocenters. The van der Waals surface area contributed by atoms with Gasteiger partial charge in [0, 0.05) is 58.9 Å². The molecule has 1 heterocycles. The maximum absolute atomic E-state index is 14.8. The number of anilines is 1. The maximum Gasteiger partial charge on any atom is 0.410 e. The van der Waals surface area contributed by atoms with Gasteiger partial charge in [-0.2, -0.15) is 0 Å². The molecule has 0 aliphatic carbocycles. The van der Waals surface area contributed by atoms with Crippen LogP contribution in [-0.2, 0) is 59.2 Å². The van der Waals surface area contributed by atoms with E-state index in [0.717, 1.165) is 4.90 Å². The molecular weight excluding hydrogens is 1180 g/mol. The zero-order chi connectivity index (χ0) is 68.4. The van der Waals surface area contributed by atoms with Crippen molar-refractivity contribution in [3.05, 3.63) is 76.2 Å². The number of methoxy groups -OCH3 is 2. The third-order valence-electron chi connectivity index (χ3n) is 16.5. The molecule has 10 N–H and O–H groups in total. The third kappa shape index (κ3) is 23.3. The van der Waals surface area contributed by atoms with Crippen molar-refractivity contribution in [2.75, 3.05) is 53.3 Å². The lowest BCUT2D eigenvalue weighted by atomic mass is 9.89. The number of amides is 11. The largest absolute Gasteiger partial charge is 0.445 e. The Kier molecular flexibility index (Phi) is 32.2. The normalized spacial score (nSPS) is 17.0. The quantitative estimate of drug-likeness (QED) is 0.0198. The maximum atomic E-state index is 14.8. The van der Waals surface area contributed by atoms with E-state index in [1.54, 1.807) is 104 Å². The number of benzene rings is 2. The average Bonchev–Trinajstić information content (AvgIpc) is 1.91. The van der Waals surface area contributed by atoms with E-state index in [-0.39, 0.29) is 50.1 Å². The second-order valence-electron chi connectivity index (χ2n) is 24.4. The number of hydrogen-bond donors (Lipinski definition) is 9. The van der Waals surface area contributed by atoms with Crippen LogP contribution in [0.5, 0.6) is 0 Å². The minimum absolute atomic E-state index is 0.0224. The lowest BCUT2D eigenvalue weighted by Crippen LogP contribution is -2.60.